The van der Waals surface area contributed by atoms with Crippen molar-refractivity contribution in [2.45, 2.75) is 44.5 Å². The number of nitrogens with one attached hydrogen (secondary N) is 2. The minimum absolute atomic E-state index is 0.176. The van der Waals surface area contributed by atoms with Gasteiger partial charge in [0, 0.05) is 0 Å². The fraction of sp³-hybridized carbons (Fsp3) is 0.667. The average molecular weight is 399 g/mol. The second-order valence-corrected chi connectivity index (χ2v) is 6.07. The molecule has 1 aromatic rings. The molecule has 2 rings (SSSR count). The third-order valence-electron chi connectivity index (χ3n) is 3.81. The molecule has 1 unspecified atom stereocenters. The Labute approximate surface area is 150 Å². The number of hydrogen-bond acceptors (Lipinski definition) is 5. The lowest BCUT2D eigenvalue weighted by molar-refractivity contribution is -0.138. The summed E-state index contributed by atoms with van der Waals surface area (Å²) >= 11 is 0. The molecule has 1 aromatic heterocycles. The predicted molar refractivity (Wildman–Crippen MR) is 82.9 cm³/mol. The zero-order chi connectivity index (χ0) is 20.2. The SMILES string of the molecule is CC(Nc1nc(C#CC2(C(F)F)CC2)nc(NC(CF)CF)n1)C(F)(F)F. The summed E-state index contributed by atoms with van der Waals surface area (Å²) in [6, 6.07) is -3.36. The molecular weight excluding hydrogens is 383 g/mol. The molecule has 27 heavy (non-hydrogen) atoms. The highest BCUT2D eigenvalue weighted by atomic mass is 19.4. The van der Waals surface area contributed by atoms with Crippen molar-refractivity contribution in [3.05, 3.63) is 5.82 Å². The van der Waals surface area contributed by atoms with Gasteiger partial charge in [-0.3, -0.25) is 0 Å². The van der Waals surface area contributed by atoms with E-state index in [9.17, 15) is 30.7 Å². The maximum atomic E-state index is 12.9. The lowest BCUT2D eigenvalue weighted by Gasteiger charge is -2.18. The monoisotopic (exact) mass is 399 g/mol. The highest BCUT2D eigenvalue weighted by Crippen LogP contribution is 2.50. The molecule has 1 atom stereocenters. The summed E-state index contributed by atoms with van der Waals surface area (Å²) in [6.07, 6.45) is -6.94. The molecule has 0 aliphatic heterocycles. The summed E-state index contributed by atoms with van der Waals surface area (Å²) in [5.74, 6) is 3.24. The van der Waals surface area contributed by atoms with Crippen molar-refractivity contribution in [3.63, 3.8) is 0 Å². The summed E-state index contributed by atoms with van der Waals surface area (Å²) in [6.45, 7) is -1.44. The van der Waals surface area contributed by atoms with Crippen LogP contribution in [-0.4, -0.2) is 53.0 Å². The van der Waals surface area contributed by atoms with Gasteiger partial charge in [-0.15, -0.1) is 0 Å². The maximum Gasteiger partial charge on any atom is 0.408 e. The first-order chi connectivity index (χ1) is 12.6. The molecular formula is C15H16F7N5. The van der Waals surface area contributed by atoms with Crippen LogP contribution in [0.1, 0.15) is 25.6 Å². The summed E-state index contributed by atoms with van der Waals surface area (Å²) in [4.78, 5) is 11.0. The van der Waals surface area contributed by atoms with E-state index in [0.29, 0.717) is 0 Å². The number of hydrogen-bond donors (Lipinski definition) is 2. The molecule has 1 heterocycles. The highest BCUT2D eigenvalue weighted by molar-refractivity contribution is 5.41. The predicted octanol–water partition coefficient (Wildman–Crippen LogP) is 3.35. The Kier molecular flexibility index (Phi) is 6.33. The van der Waals surface area contributed by atoms with Crippen molar-refractivity contribution in [3.8, 4) is 11.8 Å². The van der Waals surface area contributed by atoms with Crippen molar-refractivity contribution >= 4 is 11.9 Å². The molecule has 1 saturated carbocycles. The number of nitrogens with zero attached hydrogens (tertiary/aromatic N) is 3. The molecule has 1 fully saturated rings. The van der Waals surface area contributed by atoms with E-state index in [1.165, 1.54) is 0 Å². The van der Waals surface area contributed by atoms with Crippen molar-refractivity contribution in [2.24, 2.45) is 5.41 Å². The van der Waals surface area contributed by atoms with Crippen LogP contribution >= 0.6 is 0 Å². The van der Waals surface area contributed by atoms with Gasteiger partial charge in [-0.1, -0.05) is 5.92 Å². The zero-order valence-corrected chi connectivity index (χ0v) is 14.0. The van der Waals surface area contributed by atoms with Crippen molar-refractivity contribution in [2.75, 3.05) is 24.0 Å². The fourth-order valence-electron chi connectivity index (χ4n) is 1.85. The standard InChI is InChI=1S/C15H16F7N5/c1-8(15(20,21)22)23-12-25-10(2-3-14(4-5-14)11(18)19)26-13(27-12)24-9(6-16)7-17/h8-9,11H,4-7H2,1H3,(H2,23,24,25,26,27). The Morgan fingerprint density at radius 2 is 1.59 bits per heavy atom. The van der Waals surface area contributed by atoms with Crippen LogP contribution in [0, 0.1) is 17.3 Å². The molecule has 0 spiro atoms. The van der Waals surface area contributed by atoms with Gasteiger partial charge in [-0.2, -0.15) is 28.1 Å². The van der Waals surface area contributed by atoms with Crippen LogP contribution in [0.2, 0.25) is 0 Å². The Hall–Kier alpha value is -2.32. The van der Waals surface area contributed by atoms with Crippen molar-refractivity contribution in [1.29, 1.82) is 0 Å². The van der Waals surface area contributed by atoms with Crippen LogP contribution in [-0.2, 0) is 0 Å². The van der Waals surface area contributed by atoms with E-state index < -0.39 is 61.2 Å². The average Bonchev–Trinajstić information content (AvgIpc) is 3.38. The summed E-state index contributed by atoms with van der Waals surface area (Å²) in [7, 11) is 0. The van der Waals surface area contributed by atoms with Gasteiger partial charge in [0.1, 0.15) is 19.4 Å². The zero-order valence-electron chi connectivity index (χ0n) is 14.0. The topological polar surface area (TPSA) is 62.7 Å². The first-order valence-corrected chi connectivity index (χ1v) is 7.89. The Morgan fingerprint density at radius 1 is 1.04 bits per heavy atom. The minimum atomic E-state index is -4.61. The molecule has 0 aromatic carbocycles. The molecule has 0 saturated heterocycles. The summed E-state index contributed by atoms with van der Waals surface area (Å²) in [5, 5.41) is 4.23. The van der Waals surface area contributed by atoms with E-state index >= 15 is 0 Å². The van der Waals surface area contributed by atoms with Crippen LogP contribution in [0.5, 0.6) is 0 Å². The Balaban J connectivity index is 2.32. The number of halogens is 7. The smallest absolute Gasteiger partial charge is 0.346 e. The fourth-order valence-corrected chi connectivity index (χ4v) is 1.85. The van der Waals surface area contributed by atoms with Gasteiger partial charge >= 0.3 is 6.18 Å². The molecule has 0 amide bonds. The van der Waals surface area contributed by atoms with Gasteiger partial charge in [-0.05, 0) is 25.7 Å². The Morgan fingerprint density at radius 3 is 2.04 bits per heavy atom. The second-order valence-electron chi connectivity index (χ2n) is 6.07. The van der Waals surface area contributed by atoms with E-state index in [0.717, 1.165) is 6.92 Å². The van der Waals surface area contributed by atoms with Crippen molar-refractivity contribution < 1.29 is 30.7 Å². The van der Waals surface area contributed by atoms with Gasteiger partial charge in [0.2, 0.25) is 17.7 Å². The molecule has 12 heteroatoms. The van der Waals surface area contributed by atoms with Crippen LogP contribution in [0.15, 0.2) is 0 Å². The van der Waals surface area contributed by atoms with E-state index in [1.807, 2.05) is 5.32 Å². The van der Waals surface area contributed by atoms with Gasteiger partial charge in [0.15, 0.2) is 0 Å². The molecule has 0 radical (unpaired) electrons. The van der Waals surface area contributed by atoms with Crippen molar-refractivity contribution in [1.82, 2.24) is 15.0 Å². The molecule has 2 N–H and O–H groups in total. The normalized spacial score (nSPS) is 16.7. The molecule has 150 valence electrons. The molecule has 1 aliphatic carbocycles. The number of aromatic nitrogens is 3. The summed E-state index contributed by atoms with van der Waals surface area (Å²) < 4.78 is 89.2. The lowest BCUT2D eigenvalue weighted by Crippen LogP contribution is -2.34. The largest absolute Gasteiger partial charge is 0.408 e. The first kappa shape index (κ1) is 21.0. The Bertz CT molecular complexity index is 705. The number of rotatable bonds is 7. The van der Waals surface area contributed by atoms with Crippen LogP contribution in [0.4, 0.5) is 42.6 Å². The van der Waals surface area contributed by atoms with Gasteiger partial charge in [-0.25, -0.2) is 17.6 Å². The van der Waals surface area contributed by atoms with Crippen LogP contribution < -0.4 is 10.6 Å². The minimum Gasteiger partial charge on any atom is -0.346 e. The van der Waals surface area contributed by atoms with E-state index in [-0.39, 0.29) is 12.8 Å². The van der Waals surface area contributed by atoms with E-state index in [2.05, 4.69) is 32.1 Å². The van der Waals surface area contributed by atoms with E-state index in [4.69, 9.17) is 0 Å². The molecule has 5 nitrogen and oxygen atoms in total. The van der Waals surface area contributed by atoms with Gasteiger partial charge in [0.25, 0.3) is 6.43 Å². The second kappa shape index (κ2) is 8.14. The van der Waals surface area contributed by atoms with Gasteiger partial charge < -0.3 is 10.6 Å². The van der Waals surface area contributed by atoms with E-state index in [1.54, 1.807) is 0 Å². The maximum absolute atomic E-state index is 12.9. The molecule has 0 bridgehead atoms. The number of alkyl halides is 7. The lowest BCUT2D eigenvalue weighted by atomic mass is 10.1. The summed E-state index contributed by atoms with van der Waals surface area (Å²) in [5.41, 5.74) is -1.48. The van der Waals surface area contributed by atoms with Crippen LogP contribution in [0.25, 0.3) is 0 Å². The third kappa shape index (κ3) is 5.58. The van der Waals surface area contributed by atoms with Gasteiger partial charge in [0.05, 0.1) is 11.5 Å². The highest BCUT2D eigenvalue weighted by Gasteiger charge is 2.50. The third-order valence-corrected chi connectivity index (χ3v) is 3.81. The first-order valence-electron chi connectivity index (χ1n) is 7.89. The number of anilines is 2. The molecule has 1 aliphatic rings. The quantitative estimate of drug-likeness (QED) is 0.544. The van der Waals surface area contributed by atoms with Crippen LogP contribution in [0.3, 0.4) is 0 Å².